The van der Waals surface area contributed by atoms with Crippen LogP contribution in [0, 0.1) is 0 Å². The number of esters is 1. The zero-order valence-corrected chi connectivity index (χ0v) is 16.4. The van der Waals surface area contributed by atoms with Crippen LogP contribution in [0.2, 0.25) is 5.15 Å². The zero-order valence-electron chi connectivity index (χ0n) is 13.2. The van der Waals surface area contributed by atoms with Crippen molar-refractivity contribution in [3.63, 3.8) is 0 Å². The number of thiocarbonyl (C=S) groups is 1. The van der Waals surface area contributed by atoms with Crippen LogP contribution in [0.5, 0.6) is 0 Å². The van der Waals surface area contributed by atoms with Gasteiger partial charge in [-0.1, -0.05) is 45.8 Å². The van der Waals surface area contributed by atoms with Crippen LogP contribution >= 0.6 is 39.7 Å². The fourth-order valence-corrected chi connectivity index (χ4v) is 2.93. The third-order valence-corrected chi connectivity index (χ3v) is 4.19. The number of hydrogen-bond acceptors (Lipinski definition) is 4. The number of rotatable bonds is 5. The highest BCUT2D eigenvalue weighted by molar-refractivity contribution is 9.10. The van der Waals surface area contributed by atoms with Gasteiger partial charge in [-0.15, -0.1) is 0 Å². The molecule has 0 saturated heterocycles. The maximum atomic E-state index is 12.0. The second-order valence-corrected chi connectivity index (χ2v) is 7.03. The number of benzene rings is 1. The summed E-state index contributed by atoms with van der Waals surface area (Å²) < 4.78 is 6.25. The van der Waals surface area contributed by atoms with Crippen molar-refractivity contribution in [2.75, 3.05) is 11.5 Å². The monoisotopic (exact) mass is 426 g/mol. The van der Waals surface area contributed by atoms with E-state index < -0.39 is 5.97 Å². The first-order chi connectivity index (χ1) is 11.4. The Labute approximate surface area is 159 Å². The van der Waals surface area contributed by atoms with Crippen LogP contribution in [0.15, 0.2) is 46.9 Å². The molecule has 4 nitrogen and oxygen atoms in total. The van der Waals surface area contributed by atoms with E-state index in [-0.39, 0.29) is 23.5 Å². The molecule has 0 aliphatic rings. The second kappa shape index (κ2) is 8.55. The number of aromatic nitrogens is 1. The third kappa shape index (κ3) is 5.00. The van der Waals surface area contributed by atoms with Gasteiger partial charge >= 0.3 is 5.97 Å². The summed E-state index contributed by atoms with van der Waals surface area (Å²) in [7, 11) is 0. The SMILES string of the molecule is CC(C)N(C(=S)COC(=O)c1cccc(Cl)n1)c1ccc(Br)cc1. The number of anilines is 1. The second-order valence-electron chi connectivity index (χ2n) is 5.26. The van der Waals surface area contributed by atoms with Gasteiger partial charge in [0.1, 0.15) is 22.4 Å². The highest BCUT2D eigenvalue weighted by atomic mass is 79.9. The molecule has 0 N–H and O–H groups in total. The molecular weight excluding hydrogens is 412 g/mol. The highest BCUT2D eigenvalue weighted by Gasteiger charge is 2.18. The average molecular weight is 428 g/mol. The van der Waals surface area contributed by atoms with Gasteiger partial charge in [0, 0.05) is 16.2 Å². The van der Waals surface area contributed by atoms with E-state index in [9.17, 15) is 4.79 Å². The highest BCUT2D eigenvalue weighted by Crippen LogP contribution is 2.21. The predicted molar refractivity (Wildman–Crippen MR) is 104 cm³/mol. The molecule has 1 heterocycles. The lowest BCUT2D eigenvalue weighted by atomic mass is 10.2. The summed E-state index contributed by atoms with van der Waals surface area (Å²) in [5, 5.41) is 0.241. The lowest BCUT2D eigenvalue weighted by Gasteiger charge is -2.29. The van der Waals surface area contributed by atoms with Gasteiger partial charge in [-0.25, -0.2) is 9.78 Å². The lowest BCUT2D eigenvalue weighted by molar-refractivity contribution is 0.0557. The van der Waals surface area contributed by atoms with Gasteiger partial charge in [0.25, 0.3) is 0 Å². The number of carbonyl (C=O) groups excluding carboxylic acids is 1. The Hall–Kier alpha value is -1.50. The Bertz CT molecular complexity index is 738. The van der Waals surface area contributed by atoms with E-state index in [0.717, 1.165) is 10.2 Å². The summed E-state index contributed by atoms with van der Waals surface area (Å²) >= 11 is 14.6. The smallest absolute Gasteiger partial charge is 0.357 e. The average Bonchev–Trinajstić information content (AvgIpc) is 2.54. The molecule has 1 aromatic heterocycles. The van der Waals surface area contributed by atoms with Gasteiger partial charge in [-0.2, -0.15) is 0 Å². The first-order valence-corrected chi connectivity index (χ1v) is 8.83. The van der Waals surface area contributed by atoms with Crippen molar-refractivity contribution < 1.29 is 9.53 Å². The minimum Gasteiger partial charge on any atom is -0.454 e. The van der Waals surface area contributed by atoms with Crippen molar-refractivity contribution in [1.29, 1.82) is 0 Å². The molecule has 2 rings (SSSR count). The third-order valence-electron chi connectivity index (χ3n) is 3.14. The van der Waals surface area contributed by atoms with E-state index in [4.69, 9.17) is 28.6 Å². The van der Waals surface area contributed by atoms with Crippen LogP contribution in [0.4, 0.5) is 5.69 Å². The molecule has 2 aromatic rings. The maximum Gasteiger partial charge on any atom is 0.357 e. The van der Waals surface area contributed by atoms with E-state index in [1.807, 2.05) is 43.0 Å². The molecule has 0 radical (unpaired) electrons. The van der Waals surface area contributed by atoms with E-state index in [2.05, 4.69) is 20.9 Å². The summed E-state index contributed by atoms with van der Waals surface area (Å²) in [4.78, 5) is 18.4. The van der Waals surface area contributed by atoms with Crippen molar-refractivity contribution in [3.05, 3.63) is 57.8 Å². The molecule has 0 atom stereocenters. The van der Waals surface area contributed by atoms with E-state index >= 15 is 0 Å². The van der Waals surface area contributed by atoms with Crippen molar-refractivity contribution in [2.45, 2.75) is 19.9 Å². The standard InChI is InChI=1S/C17H16BrClN2O2S/c1-11(2)21(13-8-6-12(18)7-9-13)16(24)10-23-17(22)14-4-3-5-15(19)20-14/h3-9,11H,10H2,1-2H3. The normalized spacial score (nSPS) is 10.5. The Morgan fingerprint density at radius 3 is 2.54 bits per heavy atom. The summed E-state index contributed by atoms with van der Waals surface area (Å²) in [6.45, 7) is 4.04. The molecule has 24 heavy (non-hydrogen) atoms. The van der Waals surface area contributed by atoms with Crippen molar-refractivity contribution in [3.8, 4) is 0 Å². The van der Waals surface area contributed by atoms with Gasteiger partial charge in [-0.3, -0.25) is 0 Å². The van der Waals surface area contributed by atoms with E-state index in [0.29, 0.717) is 4.99 Å². The molecule has 0 bridgehead atoms. The molecule has 0 aliphatic heterocycles. The van der Waals surface area contributed by atoms with Crippen LogP contribution in [-0.4, -0.2) is 28.6 Å². The van der Waals surface area contributed by atoms with Gasteiger partial charge < -0.3 is 9.64 Å². The summed E-state index contributed by atoms with van der Waals surface area (Å²) in [6, 6.07) is 12.7. The Morgan fingerprint density at radius 2 is 1.96 bits per heavy atom. The fraction of sp³-hybridized carbons (Fsp3) is 0.235. The molecule has 0 amide bonds. The van der Waals surface area contributed by atoms with Crippen LogP contribution in [0.25, 0.3) is 0 Å². The first-order valence-electron chi connectivity index (χ1n) is 7.26. The number of ether oxygens (including phenoxy) is 1. The molecule has 0 aliphatic carbocycles. The zero-order chi connectivity index (χ0) is 17.7. The molecule has 7 heteroatoms. The van der Waals surface area contributed by atoms with Crippen molar-refractivity contribution in [1.82, 2.24) is 4.98 Å². The maximum absolute atomic E-state index is 12.0. The minimum atomic E-state index is -0.556. The van der Waals surface area contributed by atoms with Crippen LogP contribution < -0.4 is 4.90 Å². The Kier molecular flexibility index (Phi) is 6.71. The molecule has 1 aromatic carbocycles. The van der Waals surface area contributed by atoms with Crippen molar-refractivity contribution in [2.24, 2.45) is 0 Å². The molecule has 126 valence electrons. The number of nitrogens with zero attached hydrogens (tertiary/aromatic N) is 2. The largest absolute Gasteiger partial charge is 0.454 e. The van der Waals surface area contributed by atoms with Gasteiger partial charge in [0.05, 0.1) is 0 Å². The van der Waals surface area contributed by atoms with Gasteiger partial charge in [0.15, 0.2) is 0 Å². The molecule has 0 unspecified atom stereocenters. The topological polar surface area (TPSA) is 42.4 Å². The fourth-order valence-electron chi connectivity index (χ4n) is 2.12. The van der Waals surface area contributed by atoms with Crippen molar-refractivity contribution >= 4 is 56.4 Å². The number of hydrogen-bond donors (Lipinski definition) is 0. The molecule has 0 spiro atoms. The molecule has 0 saturated carbocycles. The Morgan fingerprint density at radius 1 is 1.29 bits per heavy atom. The van der Waals surface area contributed by atoms with Gasteiger partial charge in [-0.05, 0) is 50.2 Å². The number of pyridine rings is 1. The van der Waals surface area contributed by atoms with E-state index in [1.165, 1.54) is 0 Å². The number of carbonyl (C=O) groups is 1. The summed E-state index contributed by atoms with van der Waals surface area (Å²) in [5.74, 6) is -0.556. The first kappa shape index (κ1) is 18.8. The molecular formula is C17H16BrClN2O2S. The van der Waals surface area contributed by atoms with Crippen LogP contribution in [0.1, 0.15) is 24.3 Å². The van der Waals surface area contributed by atoms with Crippen LogP contribution in [0.3, 0.4) is 0 Å². The predicted octanol–water partition coefficient (Wildman–Crippen LogP) is 4.90. The quantitative estimate of drug-likeness (QED) is 0.386. The molecule has 0 fully saturated rings. The van der Waals surface area contributed by atoms with Gasteiger partial charge in [0.2, 0.25) is 0 Å². The summed E-state index contributed by atoms with van der Waals surface area (Å²) in [5.41, 5.74) is 1.10. The number of halogens is 2. The Balaban J connectivity index is 2.06. The van der Waals surface area contributed by atoms with Crippen LogP contribution in [-0.2, 0) is 4.74 Å². The summed E-state index contributed by atoms with van der Waals surface area (Å²) in [6.07, 6.45) is 0. The minimum absolute atomic E-state index is 0.00337. The lowest BCUT2D eigenvalue weighted by Crippen LogP contribution is -2.38. The van der Waals surface area contributed by atoms with E-state index in [1.54, 1.807) is 18.2 Å².